The number of rotatable bonds is 9. The van der Waals surface area contributed by atoms with Gasteiger partial charge in [0, 0.05) is 38.3 Å². The largest absolute Gasteiger partial charge is 0.396 e. The van der Waals surface area contributed by atoms with Gasteiger partial charge in [-0.1, -0.05) is 44.2 Å². The lowest BCUT2D eigenvalue weighted by Crippen LogP contribution is -2.52. The van der Waals surface area contributed by atoms with E-state index in [2.05, 4.69) is 9.98 Å². The smallest absolute Gasteiger partial charge is 0.218 e. The minimum Gasteiger partial charge on any atom is -0.396 e. The summed E-state index contributed by atoms with van der Waals surface area (Å²) < 4.78 is 0. The van der Waals surface area contributed by atoms with E-state index in [0.717, 1.165) is 5.56 Å². The number of nitrogens with two attached hydrogens (primary N) is 1. The van der Waals surface area contributed by atoms with Crippen molar-refractivity contribution >= 4 is 29.9 Å². The van der Waals surface area contributed by atoms with Crippen molar-refractivity contribution in [3.63, 3.8) is 0 Å². The highest BCUT2D eigenvalue weighted by molar-refractivity contribution is 6.17. The number of Topliss-reactive ketones (excluding diaryl/α,β-unsaturated/α-hetero) is 2. The van der Waals surface area contributed by atoms with Crippen LogP contribution in [0.5, 0.6) is 0 Å². The van der Waals surface area contributed by atoms with Gasteiger partial charge in [-0.3, -0.25) is 24.4 Å². The third-order valence-electron chi connectivity index (χ3n) is 5.98. The highest BCUT2D eigenvalue weighted by atomic mass is 16.3. The molecule has 3 N–H and O–H groups in total. The van der Waals surface area contributed by atoms with Crippen molar-refractivity contribution < 1.29 is 19.5 Å². The number of hydrogen-bond donors (Lipinski definition) is 2. The van der Waals surface area contributed by atoms with E-state index in [4.69, 9.17) is 5.73 Å². The van der Waals surface area contributed by atoms with Gasteiger partial charge in [0.15, 0.2) is 11.6 Å². The number of hydrogen-bond acceptors (Lipinski definition) is 6. The Morgan fingerprint density at radius 1 is 1.13 bits per heavy atom. The summed E-state index contributed by atoms with van der Waals surface area (Å²) in [6, 6.07) is 9.39. The molecule has 4 atom stereocenters. The van der Waals surface area contributed by atoms with Crippen LogP contribution in [0.15, 0.2) is 40.3 Å². The number of aliphatic hydroxyl groups excluding tert-OH is 1. The number of amides is 1. The van der Waals surface area contributed by atoms with Crippen molar-refractivity contribution in [3.05, 3.63) is 35.9 Å². The van der Waals surface area contributed by atoms with Gasteiger partial charge in [-0.05, 0) is 17.9 Å². The normalized spacial score (nSPS) is 30.5. The van der Waals surface area contributed by atoms with Crippen LogP contribution in [0, 0.1) is 17.8 Å². The van der Waals surface area contributed by atoms with E-state index >= 15 is 0 Å². The van der Waals surface area contributed by atoms with Crippen molar-refractivity contribution in [2.45, 2.75) is 50.6 Å². The Labute approximate surface area is 176 Å². The summed E-state index contributed by atoms with van der Waals surface area (Å²) in [4.78, 5) is 47.7. The van der Waals surface area contributed by atoms with Crippen LogP contribution in [0.2, 0.25) is 0 Å². The molecule has 7 heteroatoms. The summed E-state index contributed by atoms with van der Waals surface area (Å²) in [5.41, 5.74) is 3.79. The average Bonchev–Trinajstić information content (AvgIpc) is 3.15. The number of primary amides is 1. The Balaban J connectivity index is 2.01. The lowest BCUT2D eigenvalue weighted by Gasteiger charge is -2.33. The van der Waals surface area contributed by atoms with Gasteiger partial charge >= 0.3 is 0 Å². The molecule has 0 fully saturated rings. The molecule has 2 aliphatic heterocycles. The Morgan fingerprint density at radius 3 is 2.43 bits per heavy atom. The molecular formula is C23H29N3O4. The quantitative estimate of drug-likeness (QED) is 0.640. The molecule has 1 amide bonds. The van der Waals surface area contributed by atoms with E-state index in [-0.39, 0.29) is 43.4 Å². The van der Waals surface area contributed by atoms with Crippen molar-refractivity contribution in [2.24, 2.45) is 33.5 Å². The van der Waals surface area contributed by atoms with E-state index in [1.807, 2.05) is 44.2 Å². The number of nitrogens with zero attached hydrogens (tertiary/aromatic N) is 2. The van der Waals surface area contributed by atoms with Crippen LogP contribution < -0.4 is 5.73 Å². The zero-order chi connectivity index (χ0) is 21.9. The molecule has 30 heavy (non-hydrogen) atoms. The number of ketones is 2. The van der Waals surface area contributed by atoms with Crippen molar-refractivity contribution in [3.8, 4) is 0 Å². The second-order valence-corrected chi connectivity index (χ2v) is 8.73. The van der Waals surface area contributed by atoms with Gasteiger partial charge in [0.2, 0.25) is 5.91 Å². The lowest BCUT2D eigenvalue weighted by atomic mass is 9.69. The van der Waals surface area contributed by atoms with E-state index in [1.165, 1.54) is 6.21 Å². The summed E-state index contributed by atoms with van der Waals surface area (Å²) in [6.45, 7) is 3.82. The maximum absolute atomic E-state index is 13.7. The fourth-order valence-corrected chi connectivity index (χ4v) is 4.70. The molecule has 2 aliphatic rings. The van der Waals surface area contributed by atoms with Crippen LogP contribution >= 0.6 is 0 Å². The second-order valence-electron chi connectivity index (χ2n) is 8.73. The third-order valence-corrected chi connectivity index (χ3v) is 5.98. The third kappa shape index (κ3) is 3.99. The Hall–Kier alpha value is -2.67. The van der Waals surface area contributed by atoms with Crippen LogP contribution in [0.4, 0.5) is 0 Å². The van der Waals surface area contributed by atoms with E-state index in [9.17, 15) is 19.5 Å². The highest BCUT2D eigenvalue weighted by Crippen LogP contribution is 2.43. The van der Waals surface area contributed by atoms with Crippen LogP contribution in [-0.2, 0) is 20.8 Å². The molecule has 4 unspecified atom stereocenters. The first-order valence-electron chi connectivity index (χ1n) is 10.4. The number of carbonyl (C=O) groups is 3. The molecule has 0 saturated heterocycles. The maximum atomic E-state index is 13.7. The summed E-state index contributed by atoms with van der Waals surface area (Å²) in [5.74, 6) is -2.45. The predicted octanol–water partition coefficient (Wildman–Crippen LogP) is 1.55. The van der Waals surface area contributed by atoms with E-state index in [0.29, 0.717) is 6.42 Å². The molecule has 7 nitrogen and oxygen atoms in total. The molecule has 160 valence electrons. The topological polar surface area (TPSA) is 122 Å². The minimum atomic E-state index is -1.35. The Kier molecular flexibility index (Phi) is 6.31. The molecular weight excluding hydrogens is 382 g/mol. The van der Waals surface area contributed by atoms with Gasteiger partial charge < -0.3 is 10.8 Å². The van der Waals surface area contributed by atoms with Crippen molar-refractivity contribution in [1.82, 2.24) is 0 Å². The van der Waals surface area contributed by atoms with Gasteiger partial charge in [0.1, 0.15) is 11.1 Å². The van der Waals surface area contributed by atoms with Gasteiger partial charge in [-0.25, -0.2) is 0 Å². The van der Waals surface area contributed by atoms with E-state index in [1.54, 1.807) is 6.21 Å². The molecule has 1 aromatic carbocycles. The molecule has 3 rings (SSSR count). The Morgan fingerprint density at radius 2 is 1.83 bits per heavy atom. The summed E-state index contributed by atoms with van der Waals surface area (Å²) in [6.07, 6.45) is 3.81. The first kappa shape index (κ1) is 22.0. The first-order chi connectivity index (χ1) is 14.2. The maximum Gasteiger partial charge on any atom is 0.218 e. The van der Waals surface area contributed by atoms with Crippen molar-refractivity contribution in [2.75, 3.05) is 6.61 Å². The summed E-state index contributed by atoms with van der Waals surface area (Å²) >= 11 is 0. The summed E-state index contributed by atoms with van der Waals surface area (Å²) in [5, 5.41) is 9.59. The minimum absolute atomic E-state index is 0.134. The van der Waals surface area contributed by atoms with Gasteiger partial charge in [-0.15, -0.1) is 0 Å². The molecule has 2 heterocycles. The fraction of sp³-hybridized carbons (Fsp3) is 0.522. The van der Waals surface area contributed by atoms with Crippen molar-refractivity contribution in [1.29, 1.82) is 0 Å². The molecule has 0 aromatic heterocycles. The SMILES string of the molecule is CC(C)CC1(CCO)N=CC(C2(Cc3ccccc3)N=CC(CC(N)=O)C2=O)C1=O. The van der Waals surface area contributed by atoms with Gasteiger partial charge in [0.25, 0.3) is 0 Å². The Bertz CT molecular complexity index is 880. The summed E-state index contributed by atoms with van der Waals surface area (Å²) in [7, 11) is 0. The monoisotopic (exact) mass is 411 g/mol. The van der Waals surface area contributed by atoms with Crippen LogP contribution in [0.1, 0.15) is 38.7 Å². The number of benzene rings is 1. The van der Waals surface area contributed by atoms with Crippen LogP contribution in [-0.4, -0.2) is 52.7 Å². The standard InChI is InChI=1S/C23H29N3O4/c1-15(2)11-22(8-9-27)21(30)18(14-25-22)23(12-16-6-4-3-5-7-16)20(29)17(13-26-23)10-19(24)28/h3-7,13-15,17-18,27H,8-12H2,1-2H3,(H2,24,28). The zero-order valence-electron chi connectivity index (χ0n) is 17.5. The van der Waals surface area contributed by atoms with Gasteiger partial charge in [0.05, 0.1) is 11.8 Å². The van der Waals surface area contributed by atoms with Crippen LogP contribution in [0.25, 0.3) is 0 Å². The van der Waals surface area contributed by atoms with Gasteiger partial charge in [-0.2, -0.15) is 0 Å². The second kappa shape index (κ2) is 8.60. The molecule has 0 saturated carbocycles. The molecule has 0 spiro atoms. The van der Waals surface area contributed by atoms with Crippen LogP contribution in [0.3, 0.4) is 0 Å². The number of aliphatic hydroxyl groups is 1. The first-order valence-corrected chi connectivity index (χ1v) is 10.4. The highest BCUT2D eigenvalue weighted by Gasteiger charge is 2.59. The zero-order valence-corrected chi connectivity index (χ0v) is 17.5. The lowest BCUT2D eigenvalue weighted by molar-refractivity contribution is -0.134. The molecule has 0 radical (unpaired) electrons. The number of carbonyl (C=O) groups excluding carboxylic acids is 3. The molecule has 0 aliphatic carbocycles. The predicted molar refractivity (Wildman–Crippen MR) is 115 cm³/mol. The van der Waals surface area contributed by atoms with E-state index < -0.39 is 28.8 Å². The fourth-order valence-electron chi connectivity index (χ4n) is 4.70. The average molecular weight is 412 g/mol. The molecule has 1 aromatic rings. The molecule has 0 bridgehead atoms. The number of aliphatic imine (C=N–C) groups is 2.